The van der Waals surface area contributed by atoms with E-state index in [1.807, 2.05) is 26.0 Å². The zero-order chi connectivity index (χ0) is 13.7. The Hall–Kier alpha value is -2.04. The predicted molar refractivity (Wildman–Crippen MR) is 66.8 cm³/mol. The summed E-state index contributed by atoms with van der Waals surface area (Å²) in [5, 5.41) is 10.8. The van der Waals surface area contributed by atoms with Crippen LogP contribution < -0.4 is 10.1 Å². The number of carbonyl (C=O) groups is 2. The van der Waals surface area contributed by atoms with Crippen LogP contribution >= 0.6 is 0 Å². The second-order valence-corrected chi connectivity index (χ2v) is 3.99. The number of carbonyl (C=O) groups excluding carboxylic acids is 1. The van der Waals surface area contributed by atoms with Gasteiger partial charge in [0.25, 0.3) is 0 Å². The molecule has 1 aromatic rings. The molecule has 0 bridgehead atoms. The number of nitrogens with one attached hydrogen (secondary N) is 1. The van der Waals surface area contributed by atoms with Gasteiger partial charge in [0.15, 0.2) is 0 Å². The summed E-state index contributed by atoms with van der Waals surface area (Å²) in [5.74, 6) is -1.61. The highest BCUT2D eigenvalue weighted by Crippen LogP contribution is 2.23. The van der Waals surface area contributed by atoms with Crippen molar-refractivity contribution in [2.24, 2.45) is 0 Å². The van der Waals surface area contributed by atoms with E-state index in [-0.39, 0.29) is 0 Å². The summed E-state index contributed by atoms with van der Waals surface area (Å²) in [4.78, 5) is 21.2. The summed E-state index contributed by atoms with van der Waals surface area (Å²) < 4.78 is 5.21. The molecule has 0 radical (unpaired) electrons. The molecule has 0 aliphatic carbocycles. The third-order valence-electron chi connectivity index (χ3n) is 2.94. The minimum absolute atomic E-state index is 0.303. The molecule has 0 aliphatic rings. The molecule has 0 saturated carbocycles. The summed E-state index contributed by atoms with van der Waals surface area (Å²) in [6.45, 7) is 4.25. The van der Waals surface area contributed by atoms with Crippen LogP contribution in [0.5, 0.6) is 5.75 Å². The number of hydrogen-bond acceptors (Lipinski definition) is 3. The Morgan fingerprint density at radius 1 is 1.28 bits per heavy atom. The second kappa shape index (κ2) is 6.05. The van der Waals surface area contributed by atoms with Crippen LogP contribution in [0.2, 0.25) is 0 Å². The van der Waals surface area contributed by atoms with Gasteiger partial charge >= 0.3 is 11.9 Å². The molecular formula is C13H17NO4. The number of amides is 1. The molecule has 0 heterocycles. The van der Waals surface area contributed by atoms with Crippen molar-refractivity contribution < 1.29 is 19.4 Å². The lowest BCUT2D eigenvalue weighted by Gasteiger charge is -2.12. The first-order valence-corrected chi connectivity index (χ1v) is 5.61. The molecule has 0 fully saturated rings. The van der Waals surface area contributed by atoms with Gasteiger partial charge in [-0.3, -0.25) is 4.79 Å². The Balaban J connectivity index is 2.66. The lowest BCUT2D eigenvalue weighted by atomic mass is 10.00. The Labute approximate surface area is 106 Å². The number of hydrogen-bond donors (Lipinski definition) is 2. The molecule has 0 aromatic heterocycles. The maximum absolute atomic E-state index is 10.9. The number of carboxylic acid groups (broad SMARTS) is 1. The molecule has 18 heavy (non-hydrogen) atoms. The Bertz CT molecular complexity index is 468. The first-order chi connectivity index (χ1) is 8.47. The molecule has 0 saturated heterocycles. The number of aliphatic carboxylic acids is 1. The SMILES string of the molecule is COc1ccc(CCNC(=O)C(=O)O)c(C)c1C. The molecule has 0 aliphatic heterocycles. The van der Waals surface area contributed by atoms with Crippen LogP contribution in [0.4, 0.5) is 0 Å². The van der Waals surface area contributed by atoms with E-state index in [1.54, 1.807) is 7.11 Å². The van der Waals surface area contributed by atoms with Gasteiger partial charge in [-0.05, 0) is 43.0 Å². The molecule has 1 amide bonds. The molecule has 5 nitrogen and oxygen atoms in total. The quantitative estimate of drug-likeness (QED) is 0.784. The van der Waals surface area contributed by atoms with Crippen molar-refractivity contribution in [3.8, 4) is 5.75 Å². The van der Waals surface area contributed by atoms with E-state index in [1.165, 1.54) is 0 Å². The van der Waals surface area contributed by atoms with Crippen LogP contribution in [0.25, 0.3) is 0 Å². The lowest BCUT2D eigenvalue weighted by Crippen LogP contribution is -2.32. The van der Waals surface area contributed by atoms with E-state index in [4.69, 9.17) is 9.84 Å². The van der Waals surface area contributed by atoms with E-state index in [0.717, 1.165) is 22.4 Å². The number of ether oxygens (including phenoxy) is 1. The van der Waals surface area contributed by atoms with Crippen LogP contribution in [0.3, 0.4) is 0 Å². The van der Waals surface area contributed by atoms with Crippen LogP contribution in [0, 0.1) is 13.8 Å². The monoisotopic (exact) mass is 251 g/mol. The second-order valence-electron chi connectivity index (χ2n) is 3.99. The van der Waals surface area contributed by atoms with Crippen molar-refractivity contribution in [2.75, 3.05) is 13.7 Å². The molecule has 1 aromatic carbocycles. The van der Waals surface area contributed by atoms with Gasteiger partial charge in [0.2, 0.25) is 0 Å². The highest BCUT2D eigenvalue weighted by molar-refractivity contribution is 6.31. The first kappa shape index (κ1) is 14.0. The molecule has 0 atom stereocenters. The fourth-order valence-corrected chi connectivity index (χ4v) is 1.73. The molecule has 2 N–H and O–H groups in total. The summed E-state index contributed by atoms with van der Waals surface area (Å²) in [6.07, 6.45) is 0.593. The van der Waals surface area contributed by atoms with Gasteiger partial charge in [0.05, 0.1) is 7.11 Å². The standard InChI is InChI=1S/C13H17NO4/c1-8-9(2)11(18-3)5-4-10(8)6-7-14-12(15)13(16)17/h4-5H,6-7H2,1-3H3,(H,14,15)(H,16,17). The van der Waals surface area contributed by atoms with E-state index in [9.17, 15) is 9.59 Å². The van der Waals surface area contributed by atoms with Crippen LogP contribution in [0.1, 0.15) is 16.7 Å². The van der Waals surface area contributed by atoms with Crippen molar-refractivity contribution in [1.29, 1.82) is 0 Å². The maximum Gasteiger partial charge on any atom is 0.394 e. The van der Waals surface area contributed by atoms with Gasteiger partial charge in [0, 0.05) is 6.54 Å². The summed E-state index contributed by atoms with van der Waals surface area (Å²) in [7, 11) is 1.62. The maximum atomic E-state index is 10.9. The van der Waals surface area contributed by atoms with E-state index in [2.05, 4.69) is 5.32 Å². The van der Waals surface area contributed by atoms with Crippen molar-refractivity contribution in [3.63, 3.8) is 0 Å². The number of benzene rings is 1. The van der Waals surface area contributed by atoms with Crippen molar-refractivity contribution in [1.82, 2.24) is 5.32 Å². The Morgan fingerprint density at radius 2 is 1.94 bits per heavy atom. The molecule has 0 spiro atoms. The summed E-state index contributed by atoms with van der Waals surface area (Å²) >= 11 is 0. The zero-order valence-electron chi connectivity index (χ0n) is 10.7. The molecule has 0 unspecified atom stereocenters. The fourth-order valence-electron chi connectivity index (χ4n) is 1.73. The normalized spacial score (nSPS) is 9.94. The average molecular weight is 251 g/mol. The topological polar surface area (TPSA) is 75.6 Å². The highest BCUT2D eigenvalue weighted by atomic mass is 16.5. The number of rotatable bonds is 4. The van der Waals surface area contributed by atoms with Gasteiger partial charge in [-0.15, -0.1) is 0 Å². The number of carboxylic acids is 1. The van der Waals surface area contributed by atoms with Gasteiger partial charge < -0.3 is 15.2 Å². The summed E-state index contributed by atoms with van der Waals surface area (Å²) in [5.41, 5.74) is 3.22. The lowest BCUT2D eigenvalue weighted by molar-refractivity contribution is -0.150. The van der Waals surface area contributed by atoms with Crippen molar-refractivity contribution in [3.05, 3.63) is 28.8 Å². The Kier molecular flexibility index (Phi) is 4.71. The van der Waals surface area contributed by atoms with Gasteiger partial charge in [0.1, 0.15) is 5.75 Å². The first-order valence-electron chi connectivity index (χ1n) is 5.61. The van der Waals surface area contributed by atoms with E-state index in [0.29, 0.717) is 13.0 Å². The van der Waals surface area contributed by atoms with Crippen molar-refractivity contribution >= 4 is 11.9 Å². The average Bonchev–Trinajstić information content (AvgIpc) is 2.34. The van der Waals surface area contributed by atoms with Crippen molar-refractivity contribution in [2.45, 2.75) is 20.3 Å². The minimum Gasteiger partial charge on any atom is -0.496 e. The zero-order valence-corrected chi connectivity index (χ0v) is 10.7. The van der Waals surface area contributed by atoms with Crippen LogP contribution in [0.15, 0.2) is 12.1 Å². The molecular weight excluding hydrogens is 234 g/mol. The molecule has 98 valence electrons. The third-order valence-corrected chi connectivity index (χ3v) is 2.94. The molecule has 5 heteroatoms. The van der Waals surface area contributed by atoms with E-state index < -0.39 is 11.9 Å². The minimum atomic E-state index is -1.46. The van der Waals surface area contributed by atoms with Crippen LogP contribution in [-0.2, 0) is 16.0 Å². The van der Waals surface area contributed by atoms with Crippen LogP contribution in [-0.4, -0.2) is 30.6 Å². The third kappa shape index (κ3) is 3.23. The summed E-state index contributed by atoms with van der Waals surface area (Å²) in [6, 6.07) is 3.80. The van der Waals surface area contributed by atoms with Gasteiger partial charge in [-0.2, -0.15) is 0 Å². The number of methoxy groups -OCH3 is 1. The largest absolute Gasteiger partial charge is 0.496 e. The molecule has 1 rings (SSSR count). The van der Waals surface area contributed by atoms with E-state index >= 15 is 0 Å². The highest BCUT2D eigenvalue weighted by Gasteiger charge is 2.11. The van der Waals surface area contributed by atoms with Gasteiger partial charge in [-0.1, -0.05) is 6.07 Å². The predicted octanol–water partition coefficient (Wildman–Crippen LogP) is 1.06. The smallest absolute Gasteiger partial charge is 0.394 e. The van der Waals surface area contributed by atoms with Gasteiger partial charge in [-0.25, -0.2) is 4.79 Å². The fraction of sp³-hybridized carbons (Fsp3) is 0.385. The Morgan fingerprint density at radius 3 is 2.50 bits per heavy atom.